The molecule has 3 amide bonds. The van der Waals surface area contributed by atoms with Gasteiger partial charge in [-0.25, -0.2) is 4.79 Å². The molecule has 49 heavy (non-hydrogen) atoms. The molecule has 0 radical (unpaired) electrons. The number of hydrogen-bond donors (Lipinski definition) is 1. The highest BCUT2D eigenvalue weighted by Gasteiger charge is 2.44. The van der Waals surface area contributed by atoms with Gasteiger partial charge in [-0.05, 0) is 82.0 Å². The van der Waals surface area contributed by atoms with Crippen molar-refractivity contribution in [2.24, 2.45) is 11.3 Å². The number of ether oxygens (including phenoxy) is 1. The van der Waals surface area contributed by atoms with E-state index in [1.54, 1.807) is 9.80 Å². The van der Waals surface area contributed by atoms with E-state index in [4.69, 9.17) is 4.74 Å². The molecule has 10 heteroatoms. The fourth-order valence-corrected chi connectivity index (χ4v) is 7.91. The van der Waals surface area contributed by atoms with Gasteiger partial charge in [0.15, 0.2) is 0 Å². The molecule has 3 fully saturated rings. The summed E-state index contributed by atoms with van der Waals surface area (Å²) in [5.74, 6) is -0.412. The topological polar surface area (TPSA) is 102 Å². The van der Waals surface area contributed by atoms with Gasteiger partial charge in [-0.3, -0.25) is 24.2 Å². The summed E-state index contributed by atoms with van der Waals surface area (Å²) < 4.78 is 6.08. The van der Waals surface area contributed by atoms with Crippen molar-refractivity contribution < 1.29 is 23.9 Å². The minimum absolute atomic E-state index is 0.0170. The zero-order valence-electron chi connectivity index (χ0n) is 31.5. The first-order valence-corrected chi connectivity index (χ1v) is 18.8. The highest BCUT2D eigenvalue weighted by Crippen LogP contribution is 2.30. The molecule has 3 heterocycles. The maximum atomic E-state index is 14.2. The van der Waals surface area contributed by atoms with Crippen LogP contribution in [0.5, 0.6) is 0 Å². The zero-order valence-corrected chi connectivity index (χ0v) is 31.5. The number of nitrogens with zero attached hydrogens (tertiary/aromatic N) is 4. The van der Waals surface area contributed by atoms with Crippen LogP contribution in [-0.4, -0.2) is 114 Å². The van der Waals surface area contributed by atoms with Gasteiger partial charge < -0.3 is 19.9 Å². The molecular formula is C39H63N5O5. The van der Waals surface area contributed by atoms with Gasteiger partial charge in [0.05, 0.1) is 12.1 Å². The molecule has 0 unspecified atom stereocenters. The lowest BCUT2D eigenvalue weighted by Crippen LogP contribution is -2.61. The Morgan fingerprint density at radius 3 is 2.20 bits per heavy atom. The van der Waals surface area contributed by atoms with Gasteiger partial charge >= 0.3 is 5.97 Å². The monoisotopic (exact) mass is 681 g/mol. The summed E-state index contributed by atoms with van der Waals surface area (Å²) in [5.41, 5.74) is 0.487. The highest BCUT2D eigenvalue weighted by molar-refractivity contribution is 5.91. The van der Waals surface area contributed by atoms with Crippen LogP contribution >= 0.6 is 0 Å². The highest BCUT2D eigenvalue weighted by atomic mass is 16.5. The van der Waals surface area contributed by atoms with Crippen LogP contribution in [0.25, 0.3) is 0 Å². The number of carbonyl (C=O) groups excluding carboxylic acids is 4. The summed E-state index contributed by atoms with van der Waals surface area (Å²) in [7, 11) is 3.82. The molecule has 1 aromatic rings. The number of esters is 1. The van der Waals surface area contributed by atoms with Gasteiger partial charge in [0.1, 0.15) is 18.2 Å². The first-order valence-electron chi connectivity index (χ1n) is 18.8. The van der Waals surface area contributed by atoms with Crippen LogP contribution < -0.4 is 5.32 Å². The van der Waals surface area contributed by atoms with Crippen molar-refractivity contribution in [1.82, 2.24) is 24.9 Å². The van der Waals surface area contributed by atoms with E-state index >= 15 is 0 Å². The maximum Gasteiger partial charge on any atom is 0.329 e. The lowest BCUT2D eigenvalue weighted by atomic mass is 9.84. The van der Waals surface area contributed by atoms with Gasteiger partial charge in [0.2, 0.25) is 17.7 Å². The summed E-state index contributed by atoms with van der Waals surface area (Å²) in [6, 6.07) is 7.84. The average Bonchev–Trinajstić information content (AvgIpc) is 3.75. The normalized spacial score (nSPS) is 24.0. The molecule has 6 atom stereocenters. The Kier molecular flexibility index (Phi) is 13.7. The molecule has 1 N–H and O–H groups in total. The van der Waals surface area contributed by atoms with Crippen molar-refractivity contribution in [3.63, 3.8) is 0 Å². The second-order valence-corrected chi connectivity index (χ2v) is 16.0. The SMILES string of the molecule is CCC[C@@H](OC(=O)[C@@H]1CCCN1C(=O)[C@@H]1CCCN1C[C@H](C(C)C)N(C)C(=O)[C@@H](NC(=O)[C@H]1CCCCN1C)C(C)(C)C)c1ccccc1. The lowest BCUT2D eigenvalue weighted by molar-refractivity contribution is -0.160. The minimum atomic E-state index is -0.679. The van der Waals surface area contributed by atoms with E-state index in [1.165, 1.54) is 0 Å². The third kappa shape index (κ3) is 9.63. The Balaban J connectivity index is 1.44. The van der Waals surface area contributed by atoms with Gasteiger partial charge in [-0.1, -0.05) is 84.7 Å². The van der Waals surface area contributed by atoms with Crippen LogP contribution in [0, 0.1) is 11.3 Å². The molecule has 0 aromatic heterocycles. The molecule has 1 aromatic carbocycles. The summed E-state index contributed by atoms with van der Waals surface area (Å²) in [5, 5.41) is 3.15. The smallest absolute Gasteiger partial charge is 0.329 e. The van der Waals surface area contributed by atoms with Gasteiger partial charge in [0.25, 0.3) is 0 Å². The van der Waals surface area contributed by atoms with Crippen LogP contribution in [-0.2, 0) is 23.9 Å². The second kappa shape index (κ2) is 17.3. The van der Waals surface area contributed by atoms with Crippen LogP contribution in [0.2, 0.25) is 0 Å². The summed E-state index contributed by atoms with van der Waals surface area (Å²) in [6.07, 6.45) is 7.14. The van der Waals surface area contributed by atoms with Crippen LogP contribution in [0.4, 0.5) is 0 Å². The quantitative estimate of drug-likeness (QED) is 0.292. The van der Waals surface area contributed by atoms with Crippen molar-refractivity contribution in [3.05, 3.63) is 35.9 Å². The molecule has 3 aliphatic heterocycles. The maximum absolute atomic E-state index is 14.2. The standard InChI is InChI=1S/C39H63N5O5/c1-9-17-33(28-18-11-10-12-19-28)49-38(48)31-22-16-25-44(31)36(46)30-21-15-24-43(30)26-32(27(2)3)42(8)37(47)34(39(4,5)6)40-35(45)29-20-13-14-23-41(29)7/h10-12,18-19,27,29-34H,9,13-17,20-26H2,1-8H3,(H,40,45)/t29-,30+,31+,32-,33-,34-/m1/s1. The number of benzene rings is 1. The Labute approximate surface area is 295 Å². The van der Waals surface area contributed by atoms with E-state index in [0.29, 0.717) is 19.5 Å². The van der Waals surface area contributed by atoms with E-state index in [2.05, 4.69) is 35.9 Å². The van der Waals surface area contributed by atoms with E-state index in [0.717, 1.165) is 70.0 Å². The van der Waals surface area contributed by atoms with E-state index in [9.17, 15) is 19.2 Å². The predicted molar refractivity (Wildman–Crippen MR) is 193 cm³/mol. The van der Waals surface area contributed by atoms with Crippen molar-refractivity contribution in [2.45, 2.75) is 136 Å². The molecule has 3 saturated heterocycles. The van der Waals surface area contributed by atoms with Crippen LogP contribution in [0.3, 0.4) is 0 Å². The Hall–Kier alpha value is -2.98. The summed E-state index contributed by atoms with van der Waals surface area (Å²) in [4.78, 5) is 63.3. The molecule has 274 valence electrons. The third-order valence-corrected chi connectivity index (χ3v) is 10.9. The Bertz CT molecular complexity index is 1270. The Morgan fingerprint density at radius 1 is 0.918 bits per heavy atom. The number of likely N-dealkylation sites (N-methyl/N-ethyl adjacent to an activating group) is 2. The Morgan fingerprint density at radius 2 is 1.57 bits per heavy atom. The predicted octanol–water partition coefficient (Wildman–Crippen LogP) is 5.02. The average molecular weight is 682 g/mol. The molecular weight excluding hydrogens is 618 g/mol. The molecule has 0 bridgehead atoms. The summed E-state index contributed by atoms with van der Waals surface area (Å²) in [6.45, 7) is 15.0. The lowest BCUT2D eigenvalue weighted by Gasteiger charge is -2.41. The number of hydrogen-bond acceptors (Lipinski definition) is 7. The zero-order chi connectivity index (χ0) is 35.9. The molecule has 0 saturated carbocycles. The first-order chi connectivity index (χ1) is 23.2. The van der Waals surface area contributed by atoms with Crippen LogP contribution in [0.15, 0.2) is 30.3 Å². The van der Waals surface area contributed by atoms with Crippen molar-refractivity contribution in [1.29, 1.82) is 0 Å². The first kappa shape index (κ1) is 38.8. The fraction of sp³-hybridized carbons (Fsp3) is 0.744. The number of nitrogens with one attached hydrogen (secondary N) is 1. The number of likely N-dealkylation sites (tertiary alicyclic amines) is 3. The molecule has 0 aliphatic carbocycles. The largest absolute Gasteiger partial charge is 0.456 e. The fourth-order valence-electron chi connectivity index (χ4n) is 7.91. The number of amides is 3. The van der Waals surface area contributed by atoms with Gasteiger partial charge in [-0.15, -0.1) is 0 Å². The van der Waals surface area contributed by atoms with Crippen LogP contribution in [0.1, 0.15) is 111 Å². The molecule has 3 aliphatic rings. The molecule has 10 nitrogen and oxygen atoms in total. The number of piperidine rings is 1. The van der Waals surface area contributed by atoms with Gasteiger partial charge in [0, 0.05) is 26.2 Å². The third-order valence-electron chi connectivity index (χ3n) is 10.9. The summed E-state index contributed by atoms with van der Waals surface area (Å²) >= 11 is 0. The second-order valence-electron chi connectivity index (χ2n) is 16.0. The molecule has 4 rings (SSSR count). The van der Waals surface area contributed by atoms with Crippen molar-refractivity contribution in [3.8, 4) is 0 Å². The van der Waals surface area contributed by atoms with Crippen molar-refractivity contribution >= 4 is 23.7 Å². The molecule has 0 spiro atoms. The number of rotatable bonds is 13. The van der Waals surface area contributed by atoms with E-state index in [-0.39, 0.29) is 53.8 Å². The number of carbonyl (C=O) groups is 4. The van der Waals surface area contributed by atoms with Crippen molar-refractivity contribution in [2.75, 3.05) is 40.3 Å². The van der Waals surface area contributed by atoms with E-state index in [1.807, 2.05) is 65.2 Å². The van der Waals surface area contributed by atoms with E-state index < -0.39 is 17.5 Å². The van der Waals surface area contributed by atoms with Gasteiger partial charge in [-0.2, -0.15) is 0 Å². The minimum Gasteiger partial charge on any atom is -0.456 e.